The Hall–Kier alpha value is -3.48. The number of carbonyl (C=O) groups excluding carboxylic acids is 1. The Morgan fingerprint density at radius 1 is 1.14 bits per heavy atom. The molecular weight excluding hydrogens is 368 g/mol. The zero-order chi connectivity index (χ0) is 20.6. The van der Waals surface area contributed by atoms with Crippen molar-refractivity contribution in [2.45, 2.75) is 32.7 Å². The molecule has 1 heterocycles. The molecule has 0 bridgehead atoms. The zero-order valence-corrected chi connectivity index (χ0v) is 16.5. The zero-order valence-electron chi connectivity index (χ0n) is 16.5. The number of hydrogen-bond acceptors (Lipinski definition) is 5. The second kappa shape index (κ2) is 9.64. The quantitative estimate of drug-likeness (QED) is 0.614. The van der Waals surface area contributed by atoms with E-state index in [1.807, 2.05) is 62.4 Å². The highest BCUT2D eigenvalue weighted by Crippen LogP contribution is 2.19. The smallest absolute Gasteiger partial charge is 0.273 e. The largest absolute Gasteiger partial charge is 0.494 e. The van der Waals surface area contributed by atoms with E-state index in [1.54, 1.807) is 6.07 Å². The van der Waals surface area contributed by atoms with Gasteiger partial charge in [0.1, 0.15) is 11.4 Å². The molecule has 1 amide bonds. The first kappa shape index (κ1) is 20.3. The van der Waals surface area contributed by atoms with Crippen LogP contribution >= 0.6 is 0 Å². The Labute approximate surface area is 169 Å². The van der Waals surface area contributed by atoms with Crippen LogP contribution in [0.4, 0.5) is 0 Å². The molecular formula is C22H24N4O3. The van der Waals surface area contributed by atoms with E-state index in [0.717, 1.165) is 5.56 Å². The lowest BCUT2D eigenvalue weighted by atomic mass is 10.1. The summed E-state index contributed by atoms with van der Waals surface area (Å²) in [6.45, 7) is 4.38. The molecule has 1 unspecified atom stereocenters. The van der Waals surface area contributed by atoms with Crippen LogP contribution < -0.4 is 15.6 Å². The fourth-order valence-electron chi connectivity index (χ4n) is 2.92. The summed E-state index contributed by atoms with van der Waals surface area (Å²) in [4.78, 5) is 27.3. The first-order valence-electron chi connectivity index (χ1n) is 9.60. The molecule has 0 aliphatic heterocycles. The summed E-state index contributed by atoms with van der Waals surface area (Å²) in [5, 5.41) is 11.1. The molecule has 0 saturated carbocycles. The van der Waals surface area contributed by atoms with E-state index in [-0.39, 0.29) is 36.0 Å². The van der Waals surface area contributed by atoms with Gasteiger partial charge in [0.15, 0.2) is 5.82 Å². The van der Waals surface area contributed by atoms with Crippen molar-refractivity contribution in [2.75, 3.05) is 6.61 Å². The molecule has 2 N–H and O–H groups in total. The molecule has 3 rings (SSSR count). The molecule has 0 fully saturated rings. The second-order valence-corrected chi connectivity index (χ2v) is 6.61. The minimum Gasteiger partial charge on any atom is -0.494 e. The number of benzene rings is 2. The van der Waals surface area contributed by atoms with Gasteiger partial charge in [0, 0.05) is 18.4 Å². The lowest BCUT2D eigenvalue weighted by molar-refractivity contribution is -0.121. The van der Waals surface area contributed by atoms with Crippen LogP contribution in [0.5, 0.6) is 5.75 Å². The van der Waals surface area contributed by atoms with Crippen molar-refractivity contribution in [1.82, 2.24) is 20.5 Å². The molecule has 0 radical (unpaired) electrons. The number of aromatic nitrogens is 3. The maximum atomic E-state index is 12.4. The van der Waals surface area contributed by atoms with Gasteiger partial charge in [0.05, 0.1) is 12.6 Å². The summed E-state index contributed by atoms with van der Waals surface area (Å²) in [5.41, 5.74) is 1.62. The summed E-state index contributed by atoms with van der Waals surface area (Å²) in [6, 6.07) is 16.9. The number of nitrogens with one attached hydrogen (secondary N) is 2. The minimum atomic E-state index is -0.347. The molecule has 29 heavy (non-hydrogen) atoms. The number of hydrogen-bond donors (Lipinski definition) is 2. The van der Waals surface area contributed by atoms with Crippen LogP contribution in [0.3, 0.4) is 0 Å². The van der Waals surface area contributed by atoms with Gasteiger partial charge in [-0.1, -0.05) is 42.5 Å². The molecule has 1 aromatic heterocycles. The third kappa shape index (κ3) is 5.51. The van der Waals surface area contributed by atoms with Crippen LogP contribution in [0.2, 0.25) is 0 Å². The van der Waals surface area contributed by atoms with Gasteiger partial charge in [-0.3, -0.25) is 9.59 Å². The number of H-pyrrole nitrogens is 1. The Morgan fingerprint density at radius 3 is 2.66 bits per heavy atom. The number of rotatable bonds is 8. The van der Waals surface area contributed by atoms with E-state index in [2.05, 4.69) is 20.5 Å². The first-order valence-corrected chi connectivity index (χ1v) is 9.60. The summed E-state index contributed by atoms with van der Waals surface area (Å²) < 4.78 is 5.47. The summed E-state index contributed by atoms with van der Waals surface area (Å²) in [6.07, 6.45) is 0.378. The molecule has 150 valence electrons. The Bertz CT molecular complexity index is 1020. The first-order chi connectivity index (χ1) is 14.1. The van der Waals surface area contributed by atoms with E-state index < -0.39 is 0 Å². The van der Waals surface area contributed by atoms with Crippen LogP contribution in [0, 0.1) is 0 Å². The summed E-state index contributed by atoms with van der Waals surface area (Å²) >= 11 is 0. The molecule has 2 aromatic carbocycles. The van der Waals surface area contributed by atoms with E-state index in [1.165, 1.54) is 0 Å². The Kier molecular flexibility index (Phi) is 6.73. The van der Waals surface area contributed by atoms with Gasteiger partial charge in [0.2, 0.25) is 5.91 Å². The van der Waals surface area contributed by atoms with Crippen molar-refractivity contribution < 1.29 is 9.53 Å². The van der Waals surface area contributed by atoms with Crippen molar-refractivity contribution in [1.29, 1.82) is 0 Å². The molecule has 0 spiro atoms. The summed E-state index contributed by atoms with van der Waals surface area (Å²) in [5.74, 6) is 0.916. The number of aromatic amines is 1. The lowest BCUT2D eigenvalue weighted by Gasteiger charge is -2.14. The second-order valence-electron chi connectivity index (χ2n) is 6.61. The molecule has 0 aliphatic rings. The number of amides is 1. The average molecular weight is 392 g/mol. The fraction of sp³-hybridized carbons (Fsp3) is 0.273. The van der Waals surface area contributed by atoms with Crippen LogP contribution in [-0.2, 0) is 11.2 Å². The van der Waals surface area contributed by atoms with Crippen molar-refractivity contribution in [3.05, 3.63) is 76.2 Å². The van der Waals surface area contributed by atoms with Crippen LogP contribution in [0.25, 0.3) is 11.4 Å². The van der Waals surface area contributed by atoms with Gasteiger partial charge in [0.25, 0.3) is 5.56 Å². The molecule has 7 nitrogen and oxygen atoms in total. The van der Waals surface area contributed by atoms with Gasteiger partial charge < -0.3 is 15.0 Å². The third-order valence-corrected chi connectivity index (χ3v) is 4.45. The molecule has 3 aromatic rings. The minimum absolute atomic E-state index is 0.104. The Morgan fingerprint density at radius 2 is 1.93 bits per heavy atom. The van der Waals surface area contributed by atoms with E-state index >= 15 is 0 Å². The van der Waals surface area contributed by atoms with Crippen molar-refractivity contribution in [3.8, 4) is 17.1 Å². The Balaban J connectivity index is 1.61. The van der Waals surface area contributed by atoms with E-state index in [4.69, 9.17) is 4.74 Å². The van der Waals surface area contributed by atoms with Crippen LogP contribution in [-0.4, -0.2) is 27.7 Å². The van der Waals surface area contributed by atoms with Crippen molar-refractivity contribution >= 4 is 5.91 Å². The normalized spacial score (nSPS) is 11.7. The van der Waals surface area contributed by atoms with E-state index in [0.29, 0.717) is 23.7 Å². The van der Waals surface area contributed by atoms with Gasteiger partial charge in [-0.25, -0.2) is 0 Å². The summed E-state index contributed by atoms with van der Waals surface area (Å²) in [7, 11) is 0. The molecule has 0 saturated heterocycles. The predicted molar refractivity (Wildman–Crippen MR) is 111 cm³/mol. The van der Waals surface area contributed by atoms with Crippen LogP contribution in [0.15, 0.2) is 59.4 Å². The van der Waals surface area contributed by atoms with Gasteiger partial charge in [-0.2, -0.15) is 0 Å². The molecule has 1 atom stereocenters. The predicted octanol–water partition coefficient (Wildman–Crippen LogP) is 3.04. The lowest BCUT2D eigenvalue weighted by Crippen LogP contribution is -2.28. The van der Waals surface area contributed by atoms with Gasteiger partial charge in [-0.05, 0) is 31.5 Å². The standard InChI is InChI=1S/C22H24N4O3/c1-3-29-18-11-7-10-17(14-18)21-24-22(28)19(25-26-21)12-13-20(27)23-15(2)16-8-5-4-6-9-16/h4-11,14-15H,3,12-13H2,1-2H3,(H,23,27)(H,24,26,28). The number of carbonyl (C=O) groups is 1. The van der Waals surface area contributed by atoms with Crippen LogP contribution in [0.1, 0.15) is 37.6 Å². The van der Waals surface area contributed by atoms with Gasteiger partial charge >= 0.3 is 0 Å². The highest BCUT2D eigenvalue weighted by Gasteiger charge is 2.12. The number of ether oxygens (including phenoxy) is 1. The van der Waals surface area contributed by atoms with Gasteiger partial charge in [-0.15, -0.1) is 10.2 Å². The number of nitrogens with zero attached hydrogens (tertiary/aromatic N) is 2. The molecule has 0 aliphatic carbocycles. The maximum absolute atomic E-state index is 12.4. The number of aryl methyl sites for hydroxylation is 1. The highest BCUT2D eigenvalue weighted by molar-refractivity contribution is 5.76. The van der Waals surface area contributed by atoms with Crippen molar-refractivity contribution in [3.63, 3.8) is 0 Å². The average Bonchev–Trinajstić information content (AvgIpc) is 2.74. The molecule has 7 heteroatoms. The highest BCUT2D eigenvalue weighted by atomic mass is 16.5. The topological polar surface area (TPSA) is 97.0 Å². The maximum Gasteiger partial charge on any atom is 0.273 e. The SMILES string of the molecule is CCOc1cccc(-c2nnc(CCC(=O)NC(C)c3ccccc3)c(=O)[nH]2)c1. The van der Waals surface area contributed by atoms with E-state index in [9.17, 15) is 9.59 Å². The third-order valence-electron chi connectivity index (χ3n) is 4.45. The fourth-order valence-corrected chi connectivity index (χ4v) is 2.92. The monoisotopic (exact) mass is 392 g/mol. The van der Waals surface area contributed by atoms with Crippen molar-refractivity contribution in [2.24, 2.45) is 0 Å².